The van der Waals surface area contributed by atoms with Crippen LogP contribution in [0.25, 0.3) is 0 Å². The lowest BCUT2D eigenvalue weighted by atomic mass is 9.91. The second-order valence-corrected chi connectivity index (χ2v) is 5.39. The third-order valence-electron chi connectivity index (χ3n) is 3.63. The van der Waals surface area contributed by atoms with Crippen LogP contribution < -0.4 is 0 Å². The van der Waals surface area contributed by atoms with Crippen LogP contribution in [0.5, 0.6) is 0 Å². The predicted octanol–water partition coefficient (Wildman–Crippen LogP) is 4.98. The zero-order valence-corrected chi connectivity index (χ0v) is 14.6. The maximum atomic E-state index is 9.29. The summed E-state index contributed by atoms with van der Waals surface area (Å²) in [4.78, 5) is 4.07. The fourth-order valence-corrected chi connectivity index (χ4v) is 2.33. The summed E-state index contributed by atoms with van der Waals surface area (Å²) >= 11 is 0. The minimum absolute atomic E-state index is 0.173. The lowest BCUT2D eigenvalue weighted by molar-refractivity contribution is 0.315. The lowest BCUT2D eigenvalue weighted by Gasteiger charge is -2.16. The van der Waals surface area contributed by atoms with Crippen molar-refractivity contribution >= 4 is 12.2 Å². The molecule has 0 aliphatic heterocycles. The average molecular weight is 326 g/mol. The number of allylic oxidation sites excluding steroid dienone is 10. The Labute approximate surface area is 144 Å². The highest BCUT2D eigenvalue weighted by Gasteiger charge is 2.18. The van der Waals surface area contributed by atoms with E-state index in [9.17, 15) is 5.21 Å². The number of methoxy groups -OCH3 is 1. The molecule has 128 valence electrons. The van der Waals surface area contributed by atoms with Crippen molar-refractivity contribution in [2.24, 2.45) is 16.1 Å². The zero-order valence-electron chi connectivity index (χ0n) is 14.6. The first-order chi connectivity index (χ1) is 11.6. The maximum Gasteiger partial charge on any atom is 0.177 e. The van der Waals surface area contributed by atoms with Gasteiger partial charge in [-0.2, -0.15) is 0 Å². The molecule has 24 heavy (non-hydrogen) atoms. The standard InChI is InChI=1S/C20H26N2O2/c1-5-6-7-8-12-19(17(3)20(22-23)21-15-24-4)18-11-9-10-16(2)13-14-18/h5-7,10-15,17,23H,1,8-9H2,2-4H3/b7-6-,19-12+,21-15?,22-20-. The van der Waals surface area contributed by atoms with Crippen molar-refractivity contribution in [1.82, 2.24) is 0 Å². The summed E-state index contributed by atoms with van der Waals surface area (Å²) in [7, 11) is 1.50. The maximum absolute atomic E-state index is 9.29. The number of ether oxygens (including phenoxy) is 1. The van der Waals surface area contributed by atoms with Crippen LogP contribution >= 0.6 is 0 Å². The molecule has 4 nitrogen and oxygen atoms in total. The molecular weight excluding hydrogens is 300 g/mol. The number of hydrogen-bond donors (Lipinski definition) is 1. The molecule has 1 unspecified atom stereocenters. The van der Waals surface area contributed by atoms with Gasteiger partial charge in [-0.3, -0.25) is 0 Å². The molecule has 0 aromatic rings. The summed E-state index contributed by atoms with van der Waals surface area (Å²) in [6.45, 7) is 7.72. The molecule has 0 saturated heterocycles. The van der Waals surface area contributed by atoms with Crippen LogP contribution in [0, 0.1) is 5.92 Å². The fraction of sp³-hybridized carbons (Fsp3) is 0.300. The van der Waals surface area contributed by atoms with Crippen molar-refractivity contribution in [3.8, 4) is 0 Å². The molecule has 0 saturated carbocycles. The van der Waals surface area contributed by atoms with Crippen LogP contribution in [0.15, 0.2) is 82.1 Å². The Balaban J connectivity index is 3.16. The van der Waals surface area contributed by atoms with Gasteiger partial charge < -0.3 is 9.94 Å². The first-order valence-corrected chi connectivity index (χ1v) is 7.94. The Bertz CT molecular complexity index is 632. The van der Waals surface area contributed by atoms with Gasteiger partial charge in [-0.1, -0.05) is 72.8 Å². The number of hydrogen-bond acceptors (Lipinski definition) is 3. The third-order valence-corrected chi connectivity index (χ3v) is 3.63. The van der Waals surface area contributed by atoms with Crippen LogP contribution in [-0.2, 0) is 4.74 Å². The Morgan fingerprint density at radius 2 is 2.21 bits per heavy atom. The second-order valence-electron chi connectivity index (χ2n) is 5.39. The van der Waals surface area contributed by atoms with E-state index in [1.807, 2.05) is 19.1 Å². The van der Waals surface area contributed by atoms with Crippen molar-refractivity contribution in [3.05, 3.63) is 71.9 Å². The van der Waals surface area contributed by atoms with Crippen LogP contribution in [0.1, 0.15) is 26.7 Å². The molecule has 0 aromatic heterocycles. The summed E-state index contributed by atoms with van der Waals surface area (Å²) in [6.07, 6.45) is 19.2. The molecule has 1 atom stereocenters. The predicted molar refractivity (Wildman–Crippen MR) is 102 cm³/mol. The number of amidine groups is 1. The van der Waals surface area contributed by atoms with E-state index in [0.29, 0.717) is 5.84 Å². The van der Waals surface area contributed by atoms with Crippen molar-refractivity contribution in [3.63, 3.8) is 0 Å². The summed E-state index contributed by atoms with van der Waals surface area (Å²) < 4.78 is 4.83. The molecule has 0 fully saturated rings. The molecule has 4 heteroatoms. The topological polar surface area (TPSA) is 54.2 Å². The van der Waals surface area contributed by atoms with Gasteiger partial charge in [0.15, 0.2) is 12.2 Å². The monoisotopic (exact) mass is 326 g/mol. The van der Waals surface area contributed by atoms with E-state index in [-0.39, 0.29) is 5.92 Å². The van der Waals surface area contributed by atoms with Gasteiger partial charge in [0, 0.05) is 5.92 Å². The Hall–Kier alpha value is -2.62. The molecule has 0 amide bonds. The molecule has 1 aliphatic rings. The zero-order chi connectivity index (χ0) is 17.8. The number of aliphatic imine (C=N–C) groups is 1. The van der Waals surface area contributed by atoms with E-state index in [1.165, 1.54) is 19.1 Å². The van der Waals surface area contributed by atoms with Crippen LogP contribution in [0.3, 0.4) is 0 Å². The minimum Gasteiger partial charge on any atom is -0.486 e. The van der Waals surface area contributed by atoms with E-state index in [1.54, 1.807) is 6.08 Å². The highest BCUT2D eigenvalue weighted by molar-refractivity contribution is 5.92. The van der Waals surface area contributed by atoms with Gasteiger partial charge in [0.25, 0.3) is 0 Å². The average Bonchev–Trinajstić information content (AvgIpc) is 2.80. The molecule has 1 aliphatic carbocycles. The van der Waals surface area contributed by atoms with Gasteiger partial charge in [-0.25, -0.2) is 4.99 Å². The minimum atomic E-state index is -0.173. The summed E-state index contributed by atoms with van der Waals surface area (Å²) in [5.74, 6) is 0.131. The molecule has 1 rings (SSSR count). The molecular formula is C20H26N2O2. The normalized spacial score (nSPS) is 17.6. The van der Waals surface area contributed by atoms with Gasteiger partial charge in [-0.15, -0.1) is 0 Å². The van der Waals surface area contributed by atoms with E-state index in [0.717, 1.165) is 24.0 Å². The molecule has 1 N–H and O–H groups in total. The lowest BCUT2D eigenvalue weighted by Crippen LogP contribution is -2.13. The van der Waals surface area contributed by atoms with Crippen LogP contribution in [0.4, 0.5) is 0 Å². The van der Waals surface area contributed by atoms with Crippen molar-refractivity contribution in [1.29, 1.82) is 0 Å². The highest BCUT2D eigenvalue weighted by Crippen LogP contribution is 2.26. The highest BCUT2D eigenvalue weighted by atomic mass is 16.5. The van der Waals surface area contributed by atoms with Gasteiger partial charge in [0.2, 0.25) is 0 Å². The number of oxime groups is 1. The number of rotatable bonds is 7. The van der Waals surface area contributed by atoms with Crippen molar-refractivity contribution in [2.45, 2.75) is 26.7 Å². The molecule has 0 aromatic carbocycles. The van der Waals surface area contributed by atoms with Gasteiger partial charge in [0.1, 0.15) is 0 Å². The fourth-order valence-electron chi connectivity index (χ4n) is 2.33. The van der Waals surface area contributed by atoms with E-state index >= 15 is 0 Å². The Kier molecular flexibility index (Phi) is 8.90. The van der Waals surface area contributed by atoms with Gasteiger partial charge >= 0.3 is 0 Å². The largest absolute Gasteiger partial charge is 0.486 e. The van der Waals surface area contributed by atoms with Crippen molar-refractivity contribution < 1.29 is 9.94 Å². The summed E-state index contributed by atoms with van der Waals surface area (Å²) in [5, 5.41) is 12.6. The first-order valence-electron chi connectivity index (χ1n) is 7.94. The van der Waals surface area contributed by atoms with Crippen LogP contribution in [0.2, 0.25) is 0 Å². The Morgan fingerprint density at radius 3 is 2.88 bits per heavy atom. The smallest absolute Gasteiger partial charge is 0.177 e. The summed E-state index contributed by atoms with van der Waals surface area (Å²) in [5.41, 5.74) is 3.40. The molecule has 0 radical (unpaired) electrons. The third kappa shape index (κ3) is 6.24. The molecule has 0 bridgehead atoms. The molecule has 0 spiro atoms. The summed E-state index contributed by atoms with van der Waals surface area (Å²) in [6, 6.07) is 0. The van der Waals surface area contributed by atoms with E-state index in [4.69, 9.17) is 4.74 Å². The van der Waals surface area contributed by atoms with E-state index in [2.05, 4.69) is 54.0 Å². The molecule has 0 heterocycles. The van der Waals surface area contributed by atoms with Crippen molar-refractivity contribution in [2.75, 3.05) is 7.11 Å². The second kappa shape index (κ2) is 11.0. The quantitative estimate of drug-likeness (QED) is 0.236. The van der Waals surface area contributed by atoms with E-state index < -0.39 is 0 Å². The van der Waals surface area contributed by atoms with Gasteiger partial charge in [0.05, 0.1) is 7.11 Å². The Morgan fingerprint density at radius 1 is 1.42 bits per heavy atom. The van der Waals surface area contributed by atoms with Gasteiger partial charge in [-0.05, 0) is 30.9 Å². The SMILES string of the molecule is C=C/C=C\C/C=C(/C1=CCC=C(C)C=C1)C(C)/C(N=COC)=N/O. The van der Waals surface area contributed by atoms with Crippen LogP contribution in [-0.4, -0.2) is 24.6 Å². The number of nitrogens with zero attached hydrogens (tertiary/aromatic N) is 2. The first kappa shape index (κ1) is 19.4.